The van der Waals surface area contributed by atoms with Crippen LogP contribution in [0, 0.1) is 6.92 Å². The summed E-state index contributed by atoms with van der Waals surface area (Å²) in [5.41, 5.74) is 1.84. The molecule has 1 fully saturated rings. The molecule has 0 saturated heterocycles. The molecule has 0 heterocycles. The molecule has 6 heteroatoms. The van der Waals surface area contributed by atoms with Gasteiger partial charge in [-0.2, -0.15) is 0 Å². The highest BCUT2D eigenvalue weighted by Crippen LogP contribution is 2.27. The first-order valence-electron chi connectivity index (χ1n) is 10.4. The number of rotatable bonds is 10. The number of carbonyl (C=O) groups is 2. The van der Waals surface area contributed by atoms with Crippen LogP contribution in [0.1, 0.15) is 62.6 Å². The molecule has 0 unspecified atom stereocenters. The van der Waals surface area contributed by atoms with E-state index in [1.165, 1.54) is 6.42 Å². The van der Waals surface area contributed by atoms with Crippen LogP contribution in [0.5, 0.6) is 0 Å². The van der Waals surface area contributed by atoms with Crippen LogP contribution >= 0.6 is 11.6 Å². The highest BCUT2D eigenvalue weighted by atomic mass is 35.5. The van der Waals surface area contributed by atoms with Crippen molar-refractivity contribution in [3.05, 3.63) is 35.4 Å². The highest BCUT2D eigenvalue weighted by Gasteiger charge is 2.33. The van der Waals surface area contributed by atoms with Crippen LogP contribution in [0.15, 0.2) is 24.3 Å². The van der Waals surface area contributed by atoms with Crippen LogP contribution in [0.2, 0.25) is 0 Å². The summed E-state index contributed by atoms with van der Waals surface area (Å²) >= 11 is 5.90. The average molecular weight is 409 g/mol. The van der Waals surface area contributed by atoms with Crippen LogP contribution in [-0.4, -0.2) is 48.4 Å². The third-order valence-corrected chi connectivity index (χ3v) is 5.55. The van der Waals surface area contributed by atoms with Gasteiger partial charge in [0, 0.05) is 25.8 Å². The van der Waals surface area contributed by atoms with Crippen molar-refractivity contribution in [1.82, 2.24) is 10.2 Å². The fourth-order valence-electron chi connectivity index (χ4n) is 3.83. The van der Waals surface area contributed by atoms with E-state index in [0.717, 1.165) is 36.8 Å². The molecule has 1 saturated carbocycles. The minimum Gasteiger partial charge on any atom is -0.382 e. The highest BCUT2D eigenvalue weighted by molar-refractivity contribution is 6.27. The van der Waals surface area contributed by atoms with Crippen molar-refractivity contribution in [3.8, 4) is 0 Å². The molecule has 1 aromatic carbocycles. The van der Waals surface area contributed by atoms with Crippen LogP contribution in [0.4, 0.5) is 0 Å². The normalized spacial score (nSPS) is 15.8. The summed E-state index contributed by atoms with van der Waals surface area (Å²) in [5.74, 6) is -0.491. The summed E-state index contributed by atoms with van der Waals surface area (Å²) in [7, 11) is 0. The Morgan fingerprint density at radius 3 is 2.61 bits per heavy atom. The lowest BCUT2D eigenvalue weighted by molar-refractivity contribution is -0.139. The standard InChI is InChI=1S/C22H33ClN2O3/c1-3-28-15-9-14-25(20(26)16-23)21(19-13-8-7-10-17(19)2)22(27)24-18-11-5-4-6-12-18/h7-8,10,13,18,21H,3-6,9,11-12,14-16H2,1-2H3,(H,24,27)/t21-/m0/s1. The number of ether oxygens (including phenoxy) is 1. The molecule has 1 aliphatic carbocycles. The molecule has 5 nitrogen and oxygen atoms in total. The zero-order valence-corrected chi connectivity index (χ0v) is 17.8. The number of aryl methyl sites for hydroxylation is 1. The Morgan fingerprint density at radius 2 is 1.96 bits per heavy atom. The molecule has 2 rings (SSSR count). The van der Waals surface area contributed by atoms with E-state index in [0.29, 0.717) is 26.2 Å². The first kappa shape index (κ1) is 22.7. The van der Waals surface area contributed by atoms with Gasteiger partial charge in [-0.3, -0.25) is 9.59 Å². The van der Waals surface area contributed by atoms with Crippen molar-refractivity contribution in [3.63, 3.8) is 0 Å². The minimum atomic E-state index is -0.670. The quantitative estimate of drug-likeness (QED) is 0.470. The van der Waals surface area contributed by atoms with Crippen LogP contribution in [0.3, 0.4) is 0 Å². The fourth-order valence-corrected chi connectivity index (χ4v) is 3.98. The number of benzene rings is 1. The zero-order chi connectivity index (χ0) is 20.4. The minimum absolute atomic E-state index is 0.115. The summed E-state index contributed by atoms with van der Waals surface area (Å²) in [5, 5.41) is 3.20. The smallest absolute Gasteiger partial charge is 0.247 e. The first-order chi connectivity index (χ1) is 13.6. The monoisotopic (exact) mass is 408 g/mol. The molecule has 0 aromatic heterocycles. The van der Waals surface area contributed by atoms with Crippen LogP contribution < -0.4 is 5.32 Å². The number of hydrogen-bond acceptors (Lipinski definition) is 3. The van der Waals surface area contributed by atoms with Gasteiger partial charge < -0.3 is 15.0 Å². The Hall–Kier alpha value is -1.59. The van der Waals surface area contributed by atoms with Gasteiger partial charge in [0.2, 0.25) is 11.8 Å². The van der Waals surface area contributed by atoms with Gasteiger partial charge in [0.25, 0.3) is 0 Å². The third-order valence-electron chi connectivity index (χ3n) is 5.32. The lowest BCUT2D eigenvalue weighted by atomic mass is 9.94. The van der Waals surface area contributed by atoms with Crippen molar-refractivity contribution in [2.24, 2.45) is 0 Å². The molecule has 2 amide bonds. The Labute approximate surface area is 173 Å². The van der Waals surface area contributed by atoms with E-state index < -0.39 is 6.04 Å². The first-order valence-corrected chi connectivity index (χ1v) is 10.9. The van der Waals surface area contributed by atoms with Gasteiger partial charge in [0.15, 0.2) is 0 Å². The number of hydrogen-bond donors (Lipinski definition) is 1. The predicted molar refractivity (Wildman–Crippen MR) is 112 cm³/mol. The van der Waals surface area contributed by atoms with Crippen LogP contribution in [-0.2, 0) is 14.3 Å². The topological polar surface area (TPSA) is 58.6 Å². The molecule has 1 aliphatic rings. The van der Waals surface area contributed by atoms with Crippen molar-refractivity contribution < 1.29 is 14.3 Å². The van der Waals surface area contributed by atoms with E-state index in [-0.39, 0.29) is 23.7 Å². The molecule has 0 spiro atoms. The lowest BCUT2D eigenvalue weighted by Gasteiger charge is -2.33. The number of nitrogens with one attached hydrogen (secondary N) is 1. The molecular weight excluding hydrogens is 376 g/mol. The number of carbonyl (C=O) groups excluding carboxylic acids is 2. The second-order valence-electron chi connectivity index (χ2n) is 7.37. The molecule has 0 radical (unpaired) electrons. The second-order valence-corrected chi connectivity index (χ2v) is 7.64. The van der Waals surface area contributed by atoms with E-state index in [1.54, 1.807) is 4.90 Å². The Bertz CT molecular complexity index is 632. The predicted octanol–water partition coefficient (Wildman–Crippen LogP) is 3.98. The molecule has 156 valence electrons. The second kappa shape index (κ2) is 12.1. The van der Waals surface area contributed by atoms with Gasteiger partial charge in [0.1, 0.15) is 11.9 Å². The zero-order valence-electron chi connectivity index (χ0n) is 17.1. The van der Waals surface area contributed by atoms with Crippen molar-refractivity contribution >= 4 is 23.4 Å². The van der Waals surface area contributed by atoms with Crippen molar-refractivity contribution in [2.75, 3.05) is 25.6 Å². The van der Waals surface area contributed by atoms with Crippen LogP contribution in [0.25, 0.3) is 0 Å². The number of amides is 2. The summed E-state index contributed by atoms with van der Waals surface area (Å²) in [6.45, 7) is 5.53. The largest absolute Gasteiger partial charge is 0.382 e. The maximum Gasteiger partial charge on any atom is 0.247 e. The summed E-state index contributed by atoms with van der Waals surface area (Å²) < 4.78 is 5.42. The van der Waals surface area contributed by atoms with E-state index in [9.17, 15) is 9.59 Å². The molecular formula is C22H33ClN2O3. The van der Waals surface area contributed by atoms with E-state index >= 15 is 0 Å². The molecule has 0 aliphatic heterocycles. The summed E-state index contributed by atoms with van der Waals surface area (Å²) in [6, 6.07) is 7.27. The lowest BCUT2D eigenvalue weighted by Crippen LogP contribution is -2.48. The SMILES string of the molecule is CCOCCCN(C(=O)CCl)[C@H](C(=O)NC1CCCCC1)c1ccccc1C. The van der Waals surface area contributed by atoms with Crippen molar-refractivity contribution in [2.45, 2.75) is 64.5 Å². The van der Waals surface area contributed by atoms with E-state index in [1.807, 2.05) is 38.1 Å². The molecule has 1 atom stereocenters. The molecule has 0 bridgehead atoms. The maximum absolute atomic E-state index is 13.3. The van der Waals surface area contributed by atoms with Gasteiger partial charge in [-0.25, -0.2) is 0 Å². The molecule has 1 aromatic rings. The summed E-state index contributed by atoms with van der Waals surface area (Å²) in [6.07, 6.45) is 6.16. The van der Waals surface area contributed by atoms with Gasteiger partial charge in [-0.15, -0.1) is 11.6 Å². The van der Waals surface area contributed by atoms with Gasteiger partial charge in [0.05, 0.1) is 0 Å². The Balaban J connectivity index is 2.26. The van der Waals surface area contributed by atoms with E-state index in [4.69, 9.17) is 16.3 Å². The van der Waals surface area contributed by atoms with E-state index in [2.05, 4.69) is 5.32 Å². The molecule has 28 heavy (non-hydrogen) atoms. The van der Waals surface area contributed by atoms with Gasteiger partial charge in [-0.05, 0) is 44.2 Å². The third kappa shape index (κ3) is 6.49. The fraction of sp³-hybridized carbons (Fsp3) is 0.636. The number of alkyl halides is 1. The number of halogens is 1. The average Bonchev–Trinajstić information content (AvgIpc) is 2.71. The number of nitrogens with zero attached hydrogens (tertiary/aromatic N) is 1. The summed E-state index contributed by atoms with van der Waals surface area (Å²) in [4.78, 5) is 27.6. The Morgan fingerprint density at radius 1 is 1.25 bits per heavy atom. The van der Waals surface area contributed by atoms with Crippen molar-refractivity contribution in [1.29, 1.82) is 0 Å². The maximum atomic E-state index is 13.3. The van der Waals surface area contributed by atoms with Gasteiger partial charge >= 0.3 is 0 Å². The Kier molecular flexibility index (Phi) is 9.79. The van der Waals surface area contributed by atoms with Gasteiger partial charge in [-0.1, -0.05) is 43.5 Å². The molecule has 1 N–H and O–H groups in total.